The standard InChI is InChI=1S/C21H21BrN4OS/c1-13(2)26-9-3-4-16(26)10-25-11-18(27)19(20(25)23)21-24-17(12-28-21)14-5-7-15(22)8-6-14/h3-9,12-13,23,27H,10-11H2,1-2H3. The van der Waals surface area contributed by atoms with Crippen LogP contribution < -0.4 is 0 Å². The molecule has 1 aromatic carbocycles. The Morgan fingerprint density at radius 3 is 2.71 bits per heavy atom. The number of nitrogens with zero attached hydrogens (tertiary/aromatic N) is 3. The van der Waals surface area contributed by atoms with E-state index < -0.39 is 0 Å². The molecule has 7 heteroatoms. The van der Waals surface area contributed by atoms with Crippen molar-refractivity contribution in [3.05, 3.63) is 68.9 Å². The van der Waals surface area contributed by atoms with Crippen LogP contribution in [0.25, 0.3) is 16.8 Å². The number of hydrogen-bond acceptors (Lipinski definition) is 4. The minimum Gasteiger partial charge on any atom is -0.510 e. The molecule has 3 aromatic rings. The van der Waals surface area contributed by atoms with Crippen molar-refractivity contribution in [1.29, 1.82) is 5.41 Å². The first kappa shape index (κ1) is 19.0. The second kappa shape index (κ2) is 7.56. The minimum absolute atomic E-state index is 0.212. The van der Waals surface area contributed by atoms with Gasteiger partial charge in [0.15, 0.2) is 0 Å². The molecule has 0 atom stereocenters. The van der Waals surface area contributed by atoms with Gasteiger partial charge in [0.05, 0.1) is 24.4 Å². The Kier molecular flexibility index (Phi) is 5.12. The molecule has 1 aliphatic heterocycles. The molecule has 2 N–H and O–H groups in total. The lowest BCUT2D eigenvalue weighted by Crippen LogP contribution is -2.27. The summed E-state index contributed by atoms with van der Waals surface area (Å²) < 4.78 is 3.21. The fourth-order valence-corrected chi connectivity index (χ4v) is 4.56. The Morgan fingerprint density at radius 2 is 2.00 bits per heavy atom. The molecule has 0 saturated carbocycles. The SMILES string of the molecule is CC(C)n1cccc1CN1CC(O)=C(c2nc(-c3ccc(Br)cc3)cs2)C1=N. The number of benzene rings is 1. The molecule has 0 unspecified atom stereocenters. The third-order valence-electron chi connectivity index (χ3n) is 4.82. The lowest BCUT2D eigenvalue weighted by molar-refractivity contribution is 0.341. The zero-order valence-corrected chi connectivity index (χ0v) is 18.1. The van der Waals surface area contributed by atoms with Crippen molar-refractivity contribution in [2.45, 2.75) is 26.4 Å². The van der Waals surface area contributed by atoms with Crippen molar-refractivity contribution < 1.29 is 5.11 Å². The molecule has 3 heterocycles. The number of hydrogen-bond donors (Lipinski definition) is 2. The minimum atomic E-state index is 0.212. The molecular formula is C21H21BrN4OS. The van der Waals surface area contributed by atoms with Crippen molar-refractivity contribution in [3.63, 3.8) is 0 Å². The third kappa shape index (κ3) is 3.52. The number of aliphatic hydroxyl groups excluding tert-OH is 1. The predicted octanol–water partition coefficient (Wildman–Crippen LogP) is 5.72. The molecule has 0 bridgehead atoms. The van der Waals surface area contributed by atoms with Crippen LogP contribution in [0, 0.1) is 5.41 Å². The van der Waals surface area contributed by atoms with E-state index in [9.17, 15) is 5.11 Å². The summed E-state index contributed by atoms with van der Waals surface area (Å²) in [6, 6.07) is 12.4. The molecule has 0 radical (unpaired) electrons. The number of aliphatic hydroxyl groups is 1. The van der Waals surface area contributed by atoms with E-state index in [0.29, 0.717) is 35.5 Å². The second-order valence-electron chi connectivity index (χ2n) is 7.07. The van der Waals surface area contributed by atoms with Gasteiger partial charge in [-0.15, -0.1) is 11.3 Å². The van der Waals surface area contributed by atoms with Gasteiger partial charge in [0.25, 0.3) is 0 Å². The molecule has 4 rings (SSSR count). The lowest BCUT2D eigenvalue weighted by atomic mass is 10.2. The van der Waals surface area contributed by atoms with Crippen LogP contribution in [0.1, 0.15) is 30.6 Å². The van der Waals surface area contributed by atoms with Crippen LogP contribution in [-0.2, 0) is 6.54 Å². The molecule has 0 aliphatic carbocycles. The zero-order chi connectivity index (χ0) is 19.8. The van der Waals surface area contributed by atoms with Crippen LogP contribution in [0.4, 0.5) is 0 Å². The van der Waals surface area contributed by atoms with Crippen LogP contribution in [0.5, 0.6) is 0 Å². The number of halogens is 1. The topological polar surface area (TPSA) is 65.1 Å². The van der Waals surface area contributed by atoms with Gasteiger partial charge in [-0.05, 0) is 38.1 Å². The van der Waals surface area contributed by atoms with Gasteiger partial charge in [0.1, 0.15) is 16.6 Å². The fraction of sp³-hybridized carbons (Fsp3) is 0.238. The molecule has 144 valence electrons. The quantitative estimate of drug-likeness (QED) is 0.515. The number of nitrogens with one attached hydrogen (secondary N) is 1. The van der Waals surface area contributed by atoms with Crippen molar-refractivity contribution in [3.8, 4) is 11.3 Å². The van der Waals surface area contributed by atoms with Crippen molar-refractivity contribution >= 4 is 38.7 Å². The Hall–Kier alpha value is -2.38. The van der Waals surface area contributed by atoms with Crippen LogP contribution in [0.15, 0.2) is 58.2 Å². The number of amidine groups is 1. The van der Waals surface area contributed by atoms with Gasteiger partial charge in [-0.25, -0.2) is 4.98 Å². The molecular weight excluding hydrogens is 436 g/mol. The highest BCUT2D eigenvalue weighted by molar-refractivity contribution is 9.10. The predicted molar refractivity (Wildman–Crippen MR) is 118 cm³/mol. The highest BCUT2D eigenvalue weighted by Gasteiger charge is 2.30. The molecule has 0 amide bonds. The maximum absolute atomic E-state index is 10.6. The largest absolute Gasteiger partial charge is 0.510 e. The van der Waals surface area contributed by atoms with Crippen LogP contribution in [-0.4, -0.2) is 31.9 Å². The number of aromatic nitrogens is 2. The maximum Gasteiger partial charge on any atom is 0.135 e. The highest BCUT2D eigenvalue weighted by Crippen LogP contribution is 2.33. The summed E-state index contributed by atoms with van der Waals surface area (Å²) in [5, 5.41) is 21.8. The molecule has 0 spiro atoms. The summed E-state index contributed by atoms with van der Waals surface area (Å²) in [4.78, 5) is 6.57. The van der Waals surface area contributed by atoms with E-state index in [1.54, 1.807) is 0 Å². The third-order valence-corrected chi connectivity index (χ3v) is 6.20. The van der Waals surface area contributed by atoms with Crippen molar-refractivity contribution in [2.75, 3.05) is 6.54 Å². The van der Waals surface area contributed by atoms with Crippen LogP contribution >= 0.6 is 27.3 Å². The van der Waals surface area contributed by atoms with Crippen molar-refractivity contribution in [1.82, 2.24) is 14.5 Å². The smallest absolute Gasteiger partial charge is 0.135 e. The normalized spacial score (nSPS) is 14.6. The molecule has 28 heavy (non-hydrogen) atoms. The molecule has 0 fully saturated rings. The van der Waals surface area contributed by atoms with E-state index in [0.717, 1.165) is 21.4 Å². The lowest BCUT2D eigenvalue weighted by Gasteiger charge is -2.21. The average molecular weight is 457 g/mol. The first-order chi connectivity index (χ1) is 13.4. The first-order valence-corrected chi connectivity index (χ1v) is 10.7. The molecule has 1 aliphatic rings. The summed E-state index contributed by atoms with van der Waals surface area (Å²) in [6.45, 7) is 5.20. The van der Waals surface area contributed by atoms with E-state index in [2.05, 4.69) is 51.6 Å². The summed E-state index contributed by atoms with van der Waals surface area (Å²) >= 11 is 4.90. The highest BCUT2D eigenvalue weighted by atomic mass is 79.9. The van der Waals surface area contributed by atoms with Gasteiger partial charge in [-0.1, -0.05) is 28.1 Å². The number of rotatable bonds is 5. The van der Waals surface area contributed by atoms with Gasteiger partial charge < -0.3 is 14.6 Å². The first-order valence-electron chi connectivity index (χ1n) is 9.07. The van der Waals surface area contributed by atoms with Crippen molar-refractivity contribution in [2.24, 2.45) is 0 Å². The van der Waals surface area contributed by atoms with E-state index in [-0.39, 0.29) is 5.76 Å². The molecule has 2 aromatic heterocycles. The summed E-state index contributed by atoms with van der Waals surface area (Å²) in [6.07, 6.45) is 2.05. The van der Waals surface area contributed by atoms with E-state index in [1.807, 2.05) is 40.6 Å². The summed E-state index contributed by atoms with van der Waals surface area (Å²) in [5.74, 6) is 0.537. The Labute approximate surface area is 176 Å². The molecule has 0 saturated heterocycles. The molecule has 5 nitrogen and oxygen atoms in total. The zero-order valence-electron chi connectivity index (χ0n) is 15.7. The van der Waals surface area contributed by atoms with Gasteiger partial charge in [0, 0.05) is 33.3 Å². The average Bonchev–Trinajstić information content (AvgIpc) is 3.36. The Bertz CT molecular complexity index is 1050. The van der Waals surface area contributed by atoms with Gasteiger partial charge >= 0.3 is 0 Å². The Balaban J connectivity index is 1.56. The monoisotopic (exact) mass is 456 g/mol. The second-order valence-corrected chi connectivity index (χ2v) is 8.85. The van der Waals surface area contributed by atoms with Crippen LogP contribution in [0.3, 0.4) is 0 Å². The van der Waals surface area contributed by atoms with E-state index >= 15 is 0 Å². The van der Waals surface area contributed by atoms with Crippen LogP contribution in [0.2, 0.25) is 0 Å². The summed E-state index contributed by atoms with van der Waals surface area (Å²) in [5.41, 5.74) is 3.54. The maximum atomic E-state index is 10.6. The summed E-state index contributed by atoms with van der Waals surface area (Å²) in [7, 11) is 0. The van der Waals surface area contributed by atoms with Gasteiger partial charge in [-0.2, -0.15) is 0 Å². The van der Waals surface area contributed by atoms with E-state index in [4.69, 9.17) is 5.41 Å². The Morgan fingerprint density at radius 1 is 1.25 bits per heavy atom. The van der Waals surface area contributed by atoms with Gasteiger partial charge in [-0.3, -0.25) is 5.41 Å². The fourth-order valence-electron chi connectivity index (χ4n) is 3.40. The van der Waals surface area contributed by atoms with E-state index in [1.165, 1.54) is 11.3 Å². The van der Waals surface area contributed by atoms with Gasteiger partial charge in [0.2, 0.25) is 0 Å². The number of thiazole rings is 1.